The van der Waals surface area contributed by atoms with Gasteiger partial charge in [0, 0.05) is 23.2 Å². The van der Waals surface area contributed by atoms with Gasteiger partial charge in [0.15, 0.2) is 5.75 Å². The molecule has 0 atom stereocenters. The second-order valence-corrected chi connectivity index (χ2v) is 10.2. The number of nitrogens with zero attached hydrogens (tertiary/aromatic N) is 2. The number of halogens is 3. The zero-order valence-electron chi connectivity index (χ0n) is 20.5. The van der Waals surface area contributed by atoms with E-state index >= 15 is 0 Å². The molecule has 1 heterocycles. The fraction of sp³-hybridized carbons (Fsp3) is 0.214. The molecule has 0 saturated carbocycles. The van der Waals surface area contributed by atoms with Crippen molar-refractivity contribution in [3.8, 4) is 17.0 Å². The molecule has 1 amide bonds. The number of aromatic nitrogens is 1. The highest BCUT2D eigenvalue weighted by Crippen LogP contribution is 2.39. The number of fused-ring (bicyclic) bond motifs is 1. The van der Waals surface area contributed by atoms with Crippen LogP contribution in [-0.2, 0) is 10.1 Å². The van der Waals surface area contributed by atoms with E-state index in [4.69, 9.17) is 4.18 Å². The monoisotopic (exact) mass is 542 g/mol. The van der Waals surface area contributed by atoms with E-state index in [2.05, 4.69) is 4.98 Å². The first-order chi connectivity index (χ1) is 18.1. The van der Waals surface area contributed by atoms with Crippen LogP contribution in [0.25, 0.3) is 22.2 Å². The lowest BCUT2D eigenvalue weighted by atomic mass is 10.0. The van der Waals surface area contributed by atoms with E-state index in [0.717, 1.165) is 0 Å². The van der Waals surface area contributed by atoms with Crippen LogP contribution in [0, 0.1) is 0 Å². The normalized spacial score (nSPS) is 11.9. The number of alkyl halides is 3. The second kappa shape index (κ2) is 11.2. The third kappa shape index (κ3) is 6.31. The van der Waals surface area contributed by atoms with E-state index in [-0.39, 0.29) is 11.3 Å². The van der Waals surface area contributed by atoms with Gasteiger partial charge in [-0.25, -0.2) is 4.98 Å². The molecular weight excluding hydrogens is 517 g/mol. The van der Waals surface area contributed by atoms with Gasteiger partial charge >= 0.3 is 16.3 Å². The number of para-hydroxylation sites is 2. The number of rotatable bonds is 9. The molecule has 3 aromatic carbocycles. The maximum Gasteiger partial charge on any atom is 0.390 e. The molecule has 1 aromatic heterocycles. The SMILES string of the molecule is CCCN(C(=O)c1c(OS(=O)(=O)CCC(F)(F)F)c(-c2ccccc2)nc2ccccc12)c1ccccc1. The van der Waals surface area contributed by atoms with Gasteiger partial charge in [0.1, 0.15) is 5.69 Å². The minimum atomic E-state index is -4.76. The maximum absolute atomic E-state index is 14.2. The number of benzene rings is 3. The van der Waals surface area contributed by atoms with Crippen LogP contribution < -0.4 is 9.08 Å². The van der Waals surface area contributed by atoms with Gasteiger partial charge in [-0.15, -0.1) is 0 Å². The van der Waals surface area contributed by atoms with Gasteiger partial charge in [0.2, 0.25) is 0 Å². The molecule has 6 nitrogen and oxygen atoms in total. The summed E-state index contributed by atoms with van der Waals surface area (Å²) in [4.78, 5) is 20.3. The summed E-state index contributed by atoms with van der Waals surface area (Å²) in [5.74, 6) is -2.27. The summed E-state index contributed by atoms with van der Waals surface area (Å²) in [6.45, 7) is 2.20. The van der Waals surface area contributed by atoms with Crippen LogP contribution in [0.5, 0.6) is 5.75 Å². The van der Waals surface area contributed by atoms with Crippen molar-refractivity contribution in [2.75, 3.05) is 17.2 Å². The summed E-state index contributed by atoms with van der Waals surface area (Å²) < 4.78 is 69.6. The summed E-state index contributed by atoms with van der Waals surface area (Å²) in [5, 5.41) is 0.315. The summed E-state index contributed by atoms with van der Waals surface area (Å²) >= 11 is 0. The number of anilines is 1. The van der Waals surface area contributed by atoms with Crippen molar-refractivity contribution in [1.29, 1.82) is 0 Å². The van der Waals surface area contributed by atoms with Crippen LogP contribution in [-0.4, -0.2) is 37.8 Å². The van der Waals surface area contributed by atoms with E-state index in [0.29, 0.717) is 35.1 Å². The Labute approximate surface area is 218 Å². The highest BCUT2D eigenvalue weighted by atomic mass is 32.2. The average molecular weight is 543 g/mol. The average Bonchev–Trinajstić information content (AvgIpc) is 2.90. The Bertz CT molecular complexity index is 1530. The molecule has 0 N–H and O–H groups in total. The summed E-state index contributed by atoms with van der Waals surface area (Å²) in [6.07, 6.45) is -5.70. The molecule has 0 bridgehead atoms. The molecular formula is C28H25F3N2O4S. The number of carbonyl (C=O) groups excluding carboxylic acids is 1. The van der Waals surface area contributed by atoms with Crippen molar-refractivity contribution < 1.29 is 30.6 Å². The van der Waals surface area contributed by atoms with Crippen molar-refractivity contribution in [3.63, 3.8) is 0 Å². The third-order valence-electron chi connectivity index (χ3n) is 5.71. The molecule has 0 unspecified atom stereocenters. The van der Waals surface area contributed by atoms with Crippen LogP contribution in [0.3, 0.4) is 0 Å². The Morgan fingerprint density at radius 2 is 1.53 bits per heavy atom. The van der Waals surface area contributed by atoms with Crippen molar-refractivity contribution in [2.45, 2.75) is 25.9 Å². The van der Waals surface area contributed by atoms with Gasteiger partial charge < -0.3 is 9.08 Å². The molecule has 4 aromatic rings. The number of hydrogen-bond donors (Lipinski definition) is 0. The summed E-state index contributed by atoms with van der Waals surface area (Å²) in [5.41, 5.74) is 1.36. The molecule has 0 spiro atoms. The quantitative estimate of drug-likeness (QED) is 0.222. The van der Waals surface area contributed by atoms with Crippen LogP contribution in [0.4, 0.5) is 18.9 Å². The third-order valence-corrected chi connectivity index (χ3v) is 6.84. The molecule has 10 heteroatoms. The Kier molecular flexibility index (Phi) is 8.01. The standard InChI is InChI=1S/C28H25F3N2O4S/c1-2-18-33(21-13-7-4-8-14-21)27(34)24-22-15-9-10-16-23(22)32-25(20-11-5-3-6-12-20)26(24)37-38(35,36)19-17-28(29,30)31/h3-16H,2,17-19H2,1H3. The Balaban J connectivity index is 1.98. The minimum absolute atomic E-state index is 0.0349. The van der Waals surface area contributed by atoms with Crippen molar-refractivity contribution >= 4 is 32.6 Å². The lowest BCUT2D eigenvalue weighted by Gasteiger charge is -2.25. The zero-order valence-corrected chi connectivity index (χ0v) is 21.3. The highest BCUT2D eigenvalue weighted by molar-refractivity contribution is 7.87. The predicted molar refractivity (Wildman–Crippen MR) is 141 cm³/mol. The van der Waals surface area contributed by atoms with Gasteiger partial charge in [0.05, 0.1) is 23.3 Å². The van der Waals surface area contributed by atoms with Gasteiger partial charge in [-0.2, -0.15) is 21.6 Å². The predicted octanol–water partition coefficient (Wildman–Crippen LogP) is 6.62. The van der Waals surface area contributed by atoms with Crippen LogP contribution in [0.2, 0.25) is 0 Å². The van der Waals surface area contributed by atoms with Crippen molar-refractivity contribution in [1.82, 2.24) is 4.98 Å². The Morgan fingerprint density at radius 3 is 2.16 bits per heavy atom. The number of amides is 1. The Hall–Kier alpha value is -3.92. The fourth-order valence-electron chi connectivity index (χ4n) is 4.00. The maximum atomic E-state index is 14.2. The van der Waals surface area contributed by atoms with E-state index < -0.39 is 40.1 Å². The van der Waals surface area contributed by atoms with Gasteiger partial charge in [-0.05, 0) is 24.6 Å². The van der Waals surface area contributed by atoms with Crippen molar-refractivity contribution in [2.24, 2.45) is 0 Å². The zero-order chi connectivity index (χ0) is 27.3. The smallest absolute Gasteiger partial charge is 0.379 e. The van der Waals surface area contributed by atoms with Crippen LogP contribution in [0.15, 0.2) is 84.9 Å². The molecule has 4 rings (SSSR count). The first-order valence-corrected chi connectivity index (χ1v) is 13.5. The lowest BCUT2D eigenvalue weighted by molar-refractivity contribution is -0.130. The topological polar surface area (TPSA) is 76.6 Å². The molecule has 198 valence electrons. The molecule has 0 aliphatic rings. The summed E-state index contributed by atoms with van der Waals surface area (Å²) in [6, 6.07) is 23.9. The highest BCUT2D eigenvalue weighted by Gasteiger charge is 2.34. The van der Waals surface area contributed by atoms with E-state index in [9.17, 15) is 26.4 Å². The van der Waals surface area contributed by atoms with Crippen LogP contribution in [0.1, 0.15) is 30.1 Å². The van der Waals surface area contributed by atoms with Crippen LogP contribution >= 0.6 is 0 Å². The van der Waals surface area contributed by atoms with E-state index in [1.165, 1.54) is 4.90 Å². The molecule has 0 radical (unpaired) electrons. The molecule has 0 saturated heterocycles. The number of pyridine rings is 1. The molecule has 0 aliphatic heterocycles. The van der Waals surface area contributed by atoms with E-state index in [1.807, 2.05) is 6.92 Å². The molecule has 0 fully saturated rings. The molecule has 38 heavy (non-hydrogen) atoms. The number of hydrogen-bond acceptors (Lipinski definition) is 5. The van der Waals surface area contributed by atoms with E-state index in [1.54, 1.807) is 84.9 Å². The van der Waals surface area contributed by atoms with Gasteiger partial charge in [0.25, 0.3) is 5.91 Å². The number of carbonyl (C=O) groups is 1. The summed E-state index contributed by atoms with van der Waals surface area (Å²) in [7, 11) is -4.76. The van der Waals surface area contributed by atoms with Crippen molar-refractivity contribution in [3.05, 3.63) is 90.5 Å². The lowest BCUT2D eigenvalue weighted by Crippen LogP contribution is -2.33. The first kappa shape index (κ1) is 27.1. The first-order valence-electron chi connectivity index (χ1n) is 11.9. The second-order valence-electron chi connectivity index (χ2n) is 8.55. The van der Waals surface area contributed by atoms with Gasteiger partial charge in [-0.3, -0.25) is 4.79 Å². The largest absolute Gasteiger partial charge is 0.390 e. The van der Waals surface area contributed by atoms with Gasteiger partial charge in [-0.1, -0.05) is 73.7 Å². The fourth-order valence-corrected chi connectivity index (χ4v) is 4.98. The molecule has 0 aliphatic carbocycles. The minimum Gasteiger partial charge on any atom is -0.379 e. The Morgan fingerprint density at radius 1 is 0.921 bits per heavy atom.